The molecular weight excluding hydrogens is 267 g/mol. The van der Waals surface area contributed by atoms with Crippen molar-refractivity contribution in [2.75, 3.05) is 0 Å². The van der Waals surface area contributed by atoms with Crippen LogP contribution in [0.1, 0.15) is 80.1 Å². The van der Waals surface area contributed by atoms with Crippen LogP contribution < -0.4 is 0 Å². The maximum atomic E-state index is 13.8. The summed E-state index contributed by atoms with van der Waals surface area (Å²) < 4.78 is 13.8. The first-order valence-electron chi connectivity index (χ1n) is 8.14. The second kappa shape index (κ2) is 7.58. The van der Waals surface area contributed by atoms with E-state index in [1.54, 1.807) is 6.07 Å². The summed E-state index contributed by atoms with van der Waals surface area (Å²) in [5.41, 5.74) is 0.733. The topological polar surface area (TPSA) is 37.3 Å². The summed E-state index contributed by atoms with van der Waals surface area (Å²) in [7, 11) is 0. The monoisotopic (exact) mass is 292 g/mol. The highest BCUT2D eigenvalue weighted by molar-refractivity contribution is 5.87. The second-order valence-corrected chi connectivity index (χ2v) is 6.26. The molecule has 1 aromatic rings. The van der Waals surface area contributed by atoms with Crippen LogP contribution in [0.5, 0.6) is 0 Å². The summed E-state index contributed by atoms with van der Waals surface area (Å²) in [6, 6.07) is 4.61. The molecule has 0 amide bonds. The van der Waals surface area contributed by atoms with E-state index in [2.05, 4.69) is 6.92 Å². The molecule has 0 aliphatic heterocycles. The quantitative estimate of drug-likeness (QED) is 0.715. The summed E-state index contributed by atoms with van der Waals surface area (Å²) in [4.78, 5) is 10.8. The first-order chi connectivity index (χ1) is 10.1. The fourth-order valence-corrected chi connectivity index (χ4v) is 3.43. The fourth-order valence-electron chi connectivity index (χ4n) is 3.43. The van der Waals surface area contributed by atoms with Gasteiger partial charge in [-0.05, 0) is 55.2 Å². The van der Waals surface area contributed by atoms with E-state index in [-0.39, 0.29) is 5.56 Å². The van der Waals surface area contributed by atoms with Crippen LogP contribution in [0, 0.1) is 11.7 Å². The highest BCUT2D eigenvalue weighted by Crippen LogP contribution is 2.38. The van der Waals surface area contributed by atoms with Crippen molar-refractivity contribution in [2.45, 2.75) is 64.2 Å². The summed E-state index contributed by atoms with van der Waals surface area (Å²) >= 11 is 0. The van der Waals surface area contributed by atoms with Crippen LogP contribution in [0.25, 0.3) is 0 Å². The molecular formula is C18H25FO2. The van der Waals surface area contributed by atoms with E-state index in [1.165, 1.54) is 50.7 Å². The molecule has 1 aromatic carbocycles. The molecule has 1 saturated carbocycles. The van der Waals surface area contributed by atoms with Crippen LogP contribution in [0.4, 0.5) is 4.39 Å². The van der Waals surface area contributed by atoms with Crippen LogP contribution in [0.3, 0.4) is 0 Å². The van der Waals surface area contributed by atoms with Crippen LogP contribution >= 0.6 is 0 Å². The first kappa shape index (κ1) is 16.0. The molecule has 0 spiro atoms. The molecule has 0 radical (unpaired) electrons. The van der Waals surface area contributed by atoms with Gasteiger partial charge in [-0.1, -0.05) is 38.7 Å². The lowest BCUT2D eigenvalue weighted by Crippen LogP contribution is -2.14. The Balaban J connectivity index is 1.90. The Labute approximate surface area is 126 Å². The molecule has 1 N–H and O–H groups in total. The lowest BCUT2D eigenvalue weighted by atomic mass is 9.77. The highest BCUT2D eigenvalue weighted by atomic mass is 19.1. The van der Waals surface area contributed by atoms with Gasteiger partial charge >= 0.3 is 5.97 Å². The Morgan fingerprint density at radius 1 is 1.24 bits per heavy atom. The maximum absolute atomic E-state index is 13.8. The van der Waals surface area contributed by atoms with E-state index < -0.39 is 11.8 Å². The highest BCUT2D eigenvalue weighted by Gasteiger charge is 2.23. The SMILES string of the molecule is CCCCC[C@H]1CC[C@H](c2ccc(C(=O)O)c(F)c2)CC1. The smallest absolute Gasteiger partial charge is 0.338 e. The minimum Gasteiger partial charge on any atom is -0.478 e. The van der Waals surface area contributed by atoms with Gasteiger partial charge in [-0.25, -0.2) is 9.18 Å². The number of carboxylic acid groups (broad SMARTS) is 1. The standard InChI is InChI=1S/C18H25FO2/c1-2-3-4-5-13-6-8-14(9-7-13)15-10-11-16(18(20)21)17(19)12-15/h10-14H,2-9H2,1H3,(H,20,21)/t13-,14-. The van der Waals surface area contributed by atoms with Gasteiger partial charge in [0.05, 0.1) is 5.56 Å². The lowest BCUT2D eigenvalue weighted by Gasteiger charge is -2.29. The number of carbonyl (C=O) groups is 1. The number of benzene rings is 1. The third-order valence-corrected chi connectivity index (χ3v) is 4.76. The van der Waals surface area contributed by atoms with E-state index in [0.717, 1.165) is 24.3 Å². The predicted octanol–water partition coefficient (Wildman–Crippen LogP) is 5.38. The predicted molar refractivity (Wildman–Crippen MR) is 82.2 cm³/mol. The summed E-state index contributed by atoms with van der Waals surface area (Å²) in [5, 5.41) is 8.86. The Hall–Kier alpha value is -1.38. The van der Waals surface area contributed by atoms with E-state index >= 15 is 0 Å². The zero-order chi connectivity index (χ0) is 15.2. The van der Waals surface area contributed by atoms with Gasteiger partial charge in [0.2, 0.25) is 0 Å². The number of carboxylic acids is 1. The third kappa shape index (κ3) is 4.29. The van der Waals surface area contributed by atoms with Gasteiger partial charge in [0.25, 0.3) is 0 Å². The fraction of sp³-hybridized carbons (Fsp3) is 0.611. The normalized spacial score (nSPS) is 22.2. The zero-order valence-electron chi connectivity index (χ0n) is 12.8. The molecule has 0 unspecified atom stereocenters. The van der Waals surface area contributed by atoms with Crippen molar-refractivity contribution in [3.05, 3.63) is 35.1 Å². The largest absolute Gasteiger partial charge is 0.478 e. The van der Waals surface area contributed by atoms with E-state index in [0.29, 0.717) is 5.92 Å². The van der Waals surface area contributed by atoms with Crippen molar-refractivity contribution < 1.29 is 14.3 Å². The van der Waals surface area contributed by atoms with Gasteiger partial charge in [0.15, 0.2) is 0 Å². The maximum Gasteiger partial charge on any atom is 0.338 e. The summed E-state index contributed by atoms with van der Waals surface area (Å²) in [5.74, 6) is -0.579. The van der Waals surface area contributed by atoms with Gasteiger partial charge in [-0.15, -0.1) is 0 Å². The number of unbranched alkanes of at least 4 members (excludes halogenated alkanes) is 2. The molecule has 116 valence electrons. The number of aromatic carboxylic acids is 1. The zero-order valence-corrected chi connectivity index (χ0v) is 12.8. The Bertz CT molecular complexity index is 476. The molecule has 3 heteroatoms. The Morgan fingerprint density at radius 2 is 1.95 bits per heavy atom. The summed E-state index contributed by atoms with van der Waals surface area (Å²) in [6.07, 6.45) is 9.88. The van der Waals surface area contributed by atoms with Gasteiger partial charge in [0, 0.05) is 0 Å². The second-order valence-electron chi connectivity index (χ2n) is 6.26. The van der Waals surface area contributed by atoms with Crippen LogP contribution in [0.2, 0.25) is 0 Å². The number of rotatable bonds is 6. The van der Waals surface area contributed by atoms with Crippen molar-refractivity contribution in [2.24, 2.45) is 5.92 Å². The van der Waals surface area contributed by atoms with Gasteiger partial charge in [0.1, 0.15) is 5.82 Å². The average molecular weight is 292 g/mol. The van der Waals surface area contributed by atoms with Crippen molar-refractivity contribution in [3.8, 4) is 0 Å². The molecule has 0 saturated heterocycles. The first-order valence-corrected chi connectivity index (χ1v) is 8.14. The third-order valence-electron chi connectivity index (χ3n) is 4.76. The molecule has 1 aliphatic carbocycles. The summed E-state index contributed by atoms with van der Waals surface area (Å²) in [6.45, 7) is 2.23. The molecule has 1 aliphatic rings. The van der Waals surface area contributed by atoms with Crippen molar-refractivity contribution >= 4 is 5.97 Å². The molecule has 0 aromatic heterocycles. The molecule has 0 bridgehead atoms. The molecule has 0 atom stereocenters. The van der Waals surface area contributed by atoms with Crippen LogP contribution in [-0.4, -0.2) is 11.1 Å². The van der Waals surface area contributed by atoms with Crippen LogP contribution in [-0.2, 0) is 0 Å². The van der Waals surface area contributed by atoms with Crippen molar-refractivity contribution in [1.29, 1.82) is 0 Å². The van der Waals surface area contributed by atoms with E-state index in [9.17, 15) is 9.18 Å². The minimum absolute atomic E-state index is 0.230. The number of halogens is 1. The van der Waals surface area contributed by atoms with Gasteiger partial charge < -0.3 is 5.11 Å². The van der Waals surface area contributed by atoms with Crippen molar-refractivity contribution in [3.63, 3.8) is 0 Å². The molecule has 2 nitrogen and oxygen atoms in total. The average Bonchev–Trinajstić information content (AvgIpc) is 2.48. The van der Waals surface area contributed by atoms with Gasteiger partial charge in [-0.2, -0.15) is 0 Å². The Kier molecular flexibility index (Phi) is 5.77. The number of hydrogen-bond acceptors (Lipinski definition) is 1. The van der Waals surface area contributed by atoms with Gasteiger partial charge in [-0.3, -0.25) is 0 Å². The van der Waals surface area contributed by atoms with Crippen molar-refractivity contribution in [1.82, 2.24) is 0 Å². The molecule has 1 fully saturated rings. The Morgan fingerprint density at radius 3 is 2.52 bits per heavy atom. The molecule has 21 heavy (non-hydrogen) atoms. The van der Waals surface area contributed by atoms with Crippen LogP contribution in [0.15, 0.2) is 18.2 Å². The van der Waals surface area contributed by atoms with E-state index in [1.807, 2.05) is 0 Å². The van der Waals surface area contributed by atoms with E-state index in [4.69, 9.17) is 5.11 Å². The minimum atomic E-state index is -1.20. The lowest BCUT2D eigenvalue weighted by molar-refractivity contribution is 0.0692. The number of hydrogen-bond donors (Lipinski definition) is 1. The molecule has 2 rings (SSSR count). The molecule has 0 heterocycles.